The summed E-state index contributed by atoms with van der Waals surface area (Å²) < 4.78 is 0. The summed E-state index contributed by atoms with van der Waals surface area (Å²) in [7, 11) is 0. The Labute approximate surface area is 78.3 Å². The Bertz CT molecular complexity index is 314. The molecule has 0 saturated heterocycles. The van der Waals surface area contributed by atoms with Crippen LogP contribution in [0.5, 0.6) is 0 Å². The Morgan fingerprint density at radius 1 is 1.23 bits per heavy atom. The van der Waals surface area contributed by atoms with E-state index in [9.17, 15) is 4.79 Å². The van der Waals surface area contributed by atoms with Crippen LogP contribution in [-0.2, 0) is 4.79 Å². The van der Waals surface area contributed by atoms with Crippen LogP contribution < -0.4 is 0 Å². The van der Waals surface area contributed by atoms with Gasteiger partial charge in [-0.2, -0.15) is 0 Å². The molecule has 0 aliphatic rings. The molecule has 0 aliphatic heterocycles. The maximum absolute atomic E-state index is 10.8. The Morgan fingerprint density at radius 3 is 2.38 bits per heavy atom. The van der Waals surface area contributed by atoms with Crippen molar-refractivity contribution < 1.29 is 4.79 Å². The van der Waals surface area contributed by atoms with Gasteiger partial charge in [-0.05, 0) is 26.0 Å². The van der Waals surface area contributed by atoms with Gasteiger partial charge in [-0.3, -0.25) is 9.79 Å². The number of nitrogens with zero attached hydrogens (tertiary/aromatic N) is 1. The quantitative estimate of drug-likeness (QED) is 0.649. The fourth-order valence-electron chi connectivity index (χ4n) is 1.12. The molecule has 0 fully saturated rings. The van der Waals surface area contributed by atoms with Gasteiger partial charge in [0.05, 0.1) is 5.69 Å². The van der Waals surface area contributed by atoms with Gasteiger partial charge in [0, 0.05) is 12.1 Å². The summed E-state index contributed by atoms with van der Waals surface area (Å²) in [6.45, 7) is 3.44. The fourth-order valence-corrected chi connectivity index (χ4v) is 1.12. The van der Waals surface area contributed by atoms with Gasteiger partial charge in [-0.15, -0.1) is 0 Å². The minimum Gasteiger partial charge on any atom is -0.300 e. The van der Waals surface area contributed by atoms with Crippen LogP contribution in [-0.4, -0.2) is 11.5 Å². The zero-order valence-electron chi connectivity index (χ0n) is 7.95. The summed E-state index contributed by atoms with van der Waals surface area (Å²) in [6, 6.07) is 9.65. The molecule has 0 spiro atoms. The second kappa shape index (κ2) is 4.55. The highest BCUT2D eigenvalue weighted by molar-refractivity contribution is 6.00. The molecule has 0 aromatic heterocycles. The van der Waals surface area contributed by atoms with Crippen LogP contribution in [0.25, 0.3) is 0 Å². The predicted molar refractivity (Wildman–Crippen MR) is 54.5 cm³/mol. The summed E-state index contributed by atoms with van der Waals surface area (Å²) in [5.74, 6) is 0.150. The van der Waals surface area contributed by atoms with E-state index in [1.54, 1.807) is 6.92 Å². The molecule has 0 unspecified atom stereocenters. The van der Waals surface area contributed by atoms with Gasteiger partial charge in [-0.25, -0.2) is 0 Å². The summed E-state index contributed by atoms with van der Waals surface area (Å²) in [6.07, 6.45) is 0.439. The Balaban J connectivity index is 2.71. The highest BCUT2D eigenvalue weighted by Gasteiger charge is 1.96. The highest BCUT2D eigenvalue weighted by Crippen LogP contribution is 2.10. The van der Waals surface area contributed by atoms with Gasteiger partial charge in [-0.1, -0.05) is 18.2 Å². The molecule has 2 nitrogen and oxygen atoms in total. The van der Waals surface area contributed by atoms with Crippen molar-refractivity contribution in [2.75, 3.05) is 0 Å². The van der Waals surface area contributed by atoms with E-state index in [0.717, 1.165) is 11.4 Å². The van der Waals surface area contributed by atoms with Crippen LogP contribution in [0.2, 0.25) is 0 Å². The third kappa shape index (κ3) is 3.65. The molecule has 0 radical (unpaired) electrons. The molecule has 1 aromatic carbocycles. The van der Waals surface area contributed by atoms with E-state index in [1.165, 1.54) is 0 Å². The number of rotatable bonds is 3. The average molecular weight is 175 g/mol. The number of hydrogen-bond donors (Lipinski definition) is 0. The Morgan fingerprint density at radius 2 is 1.85 bits per heavy atom. The topological polar surface area (TPSA) is 29.4 Å². The summed E-state index contributed by atoms with van der Waals surface area (Å²) in [4.78, 5) is 15.1. The number of ketones is 1. The van der Waals surface area contributed by atoms with Gasteiger partial charge in [0.15, 0.2) is 0 Å². The van der Waals surface area contributed by atoms with E-state index in [2.05, 4.69) is 4.99 Å². The first-order valence-electron chi connectivity index (χ1n) is 4.27. The van der Waals surface area contributed by atoms with Crippen LogP contribution in [0.1, 0.15) is 20.3 Å². The SMILES string of the molecule is CC(=O)CC(C)=Nc1ccccc1. The monoisotopic (exact) mass is 175 g/mol. The van der Waals surface area contributed by atoms with E-state index in [-0.39, 0.29) is 5.78 Å². The van der Waals surface area contributed by atoms with E-state index in [0.29, 0.717) is 6.42 Å². The number of para-hydroxylation sites is 1. The lowest BCUT2D eigenvalue weighted by molar-refractivity contribution is -0.115. The van der Waals surface area contributed by atoms with Gasteiger partial charge >= 0.3 is 0 Å². The molecular weight excluding hydrogens is 162 g/mol. The van der Waals surface area contributed by atoms with Crippen molar-refractivity contribution in [3.63, 3.8) is 0 Å². The number of hydrogen-bond acceptors (Lipinski definition) is 2. The van der Waals surface area contributed by atoms with Crippen molar-refractivity contribution in [1.29, 1.82) is 0 Å². The molecule has 0 N–H and O–H groups in total. The minimum atomic E-state index is 0.150. The standard InChI is InChI=1S/C11H13NO/c1-9(8-10(2)13)12-11-6-4-3-5-7-11/h3-7H,8H2,1-2H3. The molecule has 2 heteroatoms. The van der Waals surface area contributed by atoms with Crippen molar-refractivity contribution >= 4 is 17.2 Å². The fraction of sp³-hybridized carbons (Fsp3) is 0.273. The van der Waals surface area contributed by atoms with Crippen LogP contribution in [0.3, 0.4) is 0 Å². The van der Waals surface area contributed by atoms with Gasteiger partial charge in [0.25, 0.3) is 0 Å². The van der Waals surface area contributed by atoms with E-state index in [1.807, 2.05) is 37.3 Å². The molecule has 0 heterocycles. The van der Waals surface area contributed by atoms with Crippen molar-refractivity contribution in [2.24, 2.45) is 4.99 Å². The lowest BCUT2D eigenvalue weighted by atomic mass is 10.2. The van der Waals surface area contributed by atoms with Crippen molar-refractivity contribution in [2.45, 2.75) is 20.3 Å². The van der Waals surface area contributed by atoms with Gasteiger partial charge in [0.2, 0.25) is 0 Å². The predicted octanol–water partition coefficient (Wildman–Crippen LogP) is 2.76. The molecule has 0 amide bonds. The number of carbonyl (C=O) groups excluding carboxylic acids is 1. The lowest BCUT2D eigenvalue weighted by Gasteiger charge is -1.96. The maximum atomic E-state index is 10.8. The first-order chi connectivity index (χ1) is 6.18. The summed E-state index contributed by atoms with van der Waals surface area (Å²) in [5.41, 5.74) is 1.76. The largest absolute Gasteiger partial charge is 0.300 e. The summed E-state index contributed by atoms with van der Waals surface area (Å²) in [5, 5.41) is 0. The van der Waals surface area contributed by atoms with Crippen LogP contribution >= 0.6 is 0 Å². The van der Waals surface area contributed by atoms with Crippen molar-refractivity contribution in [1.82, 2.24) is 0 Å². The molecule has 13 heavy (non-hydrogen) atoms. The lowest BCUT2D eigenvalue weighted by Crippen LogP contribution is -1.98. The minimum absolute atomic E-state index is 0.150. The first-order valence-corrected chi connectivity index (χ1v) is 4.27. The normalized spacial score (nSPS) is 11.4. The van der Waals surface area contributed by atoms with E-state index >= 15 is 0 Å². The first kappa shape index (κ1) is 9.65. The Hall–Kier alpha value is -1.44. The molecular formula is C11H13NO. The zero-order valence-corrected chi connectivity index (χ0v) is 7.95. The number of carbonyl (C=O) groups is 1. The molecule has 0 bridgehead atoms. The van der Waals surface area contributed by atoms with Gasteiger partial charge in [0.1, 0.15) is 5.78 Å². The smallest absolute Gasteiger partial charge is 0.135 e. The average Bonchev–Trinajstić information content (AvgIpc) is 2.04. The highest BCUT2D eigenvalue weighted by atomic mass is 16.1. The molecule has 0 saturated carbocycles. The zero-order chi connectivity index (χ0) is 9.68. The Kier molecular flexibility index (Phi) is 3.38. The van der Waals surface area contributed by atoms with Crippen molar-refractivity contribution in [3.05, 3.63) is 30.3 Å². The van der Waals surface area contributed by atoms with Crippen molar-refractivity contribution in [3.8, 4) is 0 Å². The van der Waals surface area contributed by atoms with E-state index < -0.39 is 0 Å². The third-order valence-electron chi connectivity index (χ3n) is 1.58. The number of benzene rings is 1. The second-order valence-corrected chi connectivity index (χ2v) is 3.06. The van der Waals surface area contributed by atoms with Crippen LogP contribution in [0.4, 0.5) is 5.69 Å². The van der Waals surface area contributed by atoms with E-state index in [4.69, 9.17) is 0 Å². The number of Topliss-reactive ketones (excluding diaryl/α,β-unsaturated/α-hetero) is 1. The second-order valence-electron chi connectivity index (χ2n) is 3.06. The molecule has 68 valence electrons. The molecule has 0 aliphatic carbocycles. The molecule has 1 aromatic rings. The molecule has 0 atom stereocenters. The maximum Gasteiger partial charge on any atom is 0.135 e. The third-order valence-corrected chi connectivity index (χ3v) is 1.58. The molecule has 1 rings (SSSR count). The number of aliphatic imine (C=N–C) groups is 1. The van der Waals surface area contributed by atoms with Crippen LogP contribution in [0, 0.1) is 0 Å². The van der Waals surface area contributed by atoms with Gasteiger partial charge < -0.3 is 0 Å². The van der Waals surface area contributed by atoms with Crippen LogP contribution in [0.15, 0.2) is 35.3 Å². The summed E-state index contributed by atoms with van der Waals surface area (Å²) >= 11 is 0.